The molecule has 0 atom stereocenters. The molecule has 0 unspecified atom stereocenters. The molecule has 2 aliphatic carbocycles. The predicted octanol–water partition coefficient (Wildman–Crippen LogP) is 24.1. The summed E-state index contributed by atoms with van der Waals surface area (Å²) >= 11 is 0. The van der Waals surface area contributed by atoms with Gasteiger partial charge in [-0.3, -0.25) is 0 Å². The summed E-state index contributed by atoms with van der Waals surface area (Å²) in [6, 6.07) is 131. The highest BCUT2D eigenvalue weighted by Crippen LogP contribution is 2.58. The van der Waals surface area contributed by atoms with Gasteiger partial charge in [-0.05, 0) is 204 Å². The molecule has 0 N–H and O–H groups in total. The summed E-state index contributed by atoms with van der Waals surface area (Å²) in [7, 11) is 0. The summed E-state index contributed by atoms with van der Waals surface area (Å²) in [6.07, 6.45) is 16.2. The Morgan fingerprint density at radius 2 is 0.672 bits per heavy atom. The van der Waals surface area contributed by atoms with E-state index in [1.54, 1.807) is 0 Å². The van der Waals surface area contributed by atoms with E-state index in [-0.39, 0.29) is 13.4 Å². The van der Waals surface area contributed by atoms with Gasteiger partial charge < -0.3 is 29.4 Å². The van der Waals surface area contributed by atoms with Gasteiger partial charge in [-0.15, -0.1) is 0 Å². The van der Waals surface area contributed by atoms with E-state index in [4.69, 9.17) is 6.58 Å². The molecule has 14 aromatic rings. The number of hydrogen-bond donors (Lipinski definition) is 0. The molecule has 558 valence electrons. The smallest absolute Gasteiger partial charge is 0.252 e. The minimum Gasteiger partial charge on any atom is -0.366 e. The molecule has 116 heavy (non-hydrogen) atoms. The molecule has 0 spiro atoms. The van der Waals surface area contributed by atoms with Crippen molar-refractivity contribution in [3.05, 3.63) is 375 Å². The Hall–Kier alpha value is -12.8. The third-order valence-electron chi connectivity index (χ3n) is 27.7. The van der Waals surface area contributed by atoms with Crippen molar-refractivity contribution in [3.63, 3.8) is 0 Å². The van der Waals surface area contributed by atoms with Gasteiger partial charge in [-0.1, -0.05) is 304 Å². The Bertz CT molecular complexity index is 6040. The Kier molecular flexibility index (Phi) is 16.6. The highest BCUT2D eigenvalue weighted by molar-refractivity contribution is 7.01. The minimum atomic E-state index is -0.272. The van der Waals surface area contributed by atoms with Crippen molar-refractivity contribution < 1.29 is 0 Å². The van der Waals surface area contributed by atoms with E-state index in [0.29, 0.717) is 24.2 Å². The summed E-state index contributed by atoms with van der Waals surface area (Å²) in [5, 5.41) is 0. The number of benzene rings is 14. The highest BCUT2D eigenvalue weighted by atomic mass is 15.3. The molecule has 0 amide bonds. The maximum Gasteiger partial charge on any atom is 0.252 e. The van der Waals surface area contributed by atoms with Crippen LogP contribution in [0, 0.1) is 11.8 Å². The molecule has 8 heterocycles. The van der Waals surface area contributed by atoms with Crippen molar-refractivity contribution in [2.75, 3.05) is 24.5 Å². The lowest BCUT2D eigenvalue weighted by Gasteiger charge is -2.58. The molecule has 6 fully saturated rings. The van der Waals surface area contributed by atoms with Crippen LogP contribution < -0.4 is 51.8 Å². The summed E-state index contributed by atoms with van der Waals surface area (Å²) in [5.41, 5.74) is 38.3. The van der Waals surface area contributed by atoms with Crippen LogP contribution in [0.15, 0.2) is 375 Å². The first kappa shape index (κ1) is 68.8. The van der Waals surface area contributed by atoms with E-state index in [9.17, 15) is 0 Å². The molecule has 14 aromatic carbocycles. The van der Waals surface area contributed by atoms with Crippen LogP contribution in [0.25, 0.3) is 66.8 Å². The minimum absolute atomic E-state index is 0.213. The Labute approximate surface area is 683 Å². The van der Waals surface area contributed by atoms with Gasteiger partial charge in [0.15, 0.2) is 0 Å². The van der Waals surface area contributed by atoms with E-state index in [2.05, 4.69) is 382 Å². The van der Waals surface area contributed by atoms with E-state index >= 15 is 0 Å². The standard InChI is InChI=1S/C108H90B2N6/c1-71(111-81-47-28-48-82(111)50-29-49-81)61-101-104-72(2)112(106-87(75-33-10-3-11-34-75)51-30-52-88(106)76-35-12-4-13-36-76)99-70-100-96(69-95(99)109(104)93-57-24-26-59-97(93)115(101)107-89(77-37-14-5-15-38-77)53-31-54-90(107)78-39-16-6-17-40-78)110-94-58-25-27-60-98(94)116(108-91(79-41-18-7-19-42-79)55-32-56-92(108)80-43-20-8-21-44-80)103-68-86(113-84-63-73-62-74(65-84)66-85(113)64-73)67-102(105(103)110)114(100)83-45-22-9-23-46-83/h3-27,30-46,51-61,67-70,73-74,81-82,84-85H,1,28-29,47-50,62-66H2,2H3/b101-61+. The molecule has 0 aromatic heterocycles. The monoisotopic (exact) mass is 1490 g/mol. The number of para-hydroxylation sites is 6. The van der Waals surface area contributed by atoms with Gasteiger partial charge in [0.2, 0.25) is 0 Å². The first-order valence-electron chi connectivity index (χ1n) is 42.6. The van der Waals surface area contributed by atoms with Crippen molar-refractivity contribution in [1.82, 2.24) is 4.90 Å². The average molecular weight is 1490 g/mol. The van der Waals surface area contributed by atoms with Crippen LogP contribution in [-0.2, 0) is 0 Å². The van der Waals surface area contributed by atoms with E-state index in [1.807, 2.05) is 0 Å². The second-order valence-electron chi connectivity index (χ2n) is 34.1. The molecule has 0 radical (unpaired) electrons. The van der Waals surface area contributed by atoms with Crippen LogP contribution in [0.4, 0.5) is 62.6 Å². The zero-order valence-corrected chi connectivity index (χ0v) is 65.7. The zero-order chi connectivity index (χ0) is 76.6. The van der Waals surface area contributed by atoms with E-state index < -0.39 is 0 Å². The first-order valence-corrected chi connectivity index (χ1v) is 42.6. The van der Waals surface area contributed by atoms with Gasteiger partial charge in [0.1, 0.15) is 0 Å². The third kappa shape index (κ3) is 11.1. The van der Waals surface area contributed by atoms with E-state index in [0.717, 1.165) is 85.0 Å². The van der Waals surface area contributed by atoms with Gasteiger partial charge in [0, 0.05) is 120 Å². The summed E-state index contributed by atoms with van der Waals surface area (Å²) in [5.74, 6) is 1.57. The fraction of sp³-hybridized carbons (Fsp3) is 0.167. The first-order chi connectivity index (χ1) is 57.4. The van der Waals surface area contributed by atoms with Gasteiger partial charge in [-0.2, -0.15) is 0 Å². The number of fused-ring (bicyclic) bond motifs is 11. The number of nitrogens with zero attached hydrogens (tertiary/aromatic N) is 6. The number of allylic oxidation sites excluding steroid dienone is 3. The number of rotatable bonds is 13. The molecule has 6 bridgehead atoms. The van der Waals surface area contributed by atoms with Gasteiger partial charge in [0.25, 0.3) is 13.4 Å². The molecular formula is C108H90B2N6. The largest absolute Gasteiger partial charge is 0.366 e. The van der Waals surface area contributed by atoms with Crippen molar-refractivity contribution in [2.45, 2.75) is 102 Å². The fourth-order valence-corrected chi connectivity index (χ4v) is 23.3. The molecule has 2 saturated carbocycles. The van der Waals surface area contributed by atoms with Crippen molar-refractivity contribution in [1.29, 1.82) is 0 Å². The quantitative estimate of drug-likeness (QED) is 0.106. The Morgan fingerprint density at radius 1 is 0.310 bits per heavy atom. The van der Waals surface area contributed by atoms with Crippen molar-refractivity contribution in [2.24, 2.45) is 11.8 Å². The molecule has 4 saturated heterocycles. The summed E-state index contributed by atoms with van der Waals surface area (Å²) < 4.78 is 0. The second kappa shape index (κ2) is 28.1. The molecule has 6 nitrogen and oxygen atoms in total. The van der Waals surface area contributed by atoms with Gasteiger partial charge in [-0.25, -0.2) is 0 Å². The van der Waals surface area contributed by atoms with Gasteiger partial charge >= 0.3 is 0 Å². The fourth-order valence-electron chi connectivity index (χ4n) is 23.3. The summed E-state index contributed by atoms with van der Waals surface area (Å²) in [4.78, 5) is 16.7. The topological polar surface area (TPSA) is 19.4 Å². The summed E-state index contributed by atoms with van der Waals surface area (Å²) in [6.45, 7) is 7.36. The zero-order valence-electron chi connectivity index (χ0n) is 65.7. The second-order valence-corrected chi connectivity index (χ2v) is 34.1. The molecule has 8 aliphatic heterocycles. The number of piperidine rings is 4. The van der Waals surface area contributed by atoms with Gasteiger partial charge in [0.05, 0.1) is 17.1 Å². The van der Waals surface area contributed by atoms with Crippen LogP contribution in [0.5, 0.6) is 0 Å². The van der Waals surface area contributed by atoms with Crippen molar-refractivity contribution in [3.8, 4) is 66.8 Å². The SMILES string of the molecule is C=C(/C=C1\C2=C(C)N(c3c(-c4ccccc4)cccc3-c3ccccc3)c3cc4c(cc3B2c2ccccc2N1c1c(-c2ccccc2)cccc1-c1ccccc1)B1c2ccccc2N(c2c(-c3ccccc3)cccc2-c2ccccc2)c2cc(N3C5CC6CC(C5)CC3C6)cc(c21)N4c1ccccc1)N1C2CCCC1CCC2. The Balaban J connectivity index is 0.858. The van der Waals surface area contributed by atoms with Crippen LogP contribution in [0.1, 0.15) is 77.6 Å². The van der Waals surface area contributed by atoms with Crippen LogP contribution >= 0.6 is 0 Å². The van der Waals surface area contributed by atoms with Crippen LogP contribution in [0.2, 0.25) is 0 Å². The lowest BCUT2D eigenvalue weighted by molar-refractivity contribution is 0.0795. The number of hydrogen-bond acceptors (Lipinski definition) is 6. The highest BCUT2D eigenvalue weighted by Gasteiger charge is 2.53. The molecule has 8 heteroatoms. The van der Waals surface area contributed by atoms with Crippen molar-refractivity contribution >= 4 is 103 Å². The van der Waals surface area contributed by atoms with E-state index in [1.165, 1.54) is 177 Å². The normalized spacial score (nSPS) is 20.1. The Morgan fingerprint density at radius 3 is 1.12 bits per heavy atom. The van der Waals surface area contributed by atoms with Crippen LogP contribution in [-0.4, -0.2) is 42.5 Å². The lowest BCUT2D eigenvalue weighted by atomic mass is 9.29. The predicted molar refractivity (Wildman–Crippen MR) is 489 cm³/mol. The lowest BCUT2D eigenvalue weighted by Crippen LogP contribution is -2.64. The maximum absolute atomic E-state index is 5.37. The molecular weight excluding hydrogens is 1400 g/mol. The number of anilines is 11. The third-order valence-corrected chi connectivity index (χ3v) is 27.7. The van der Waals surface area contributed by atoms with Crippen LogP contribution in [0.3, 0.4) is 0 Å². The molecule has 10 aliphatic rings. The maximum atomic E-state index is 5.37. The average Bonchev–Trinajstić information content (AvgIpc) is 0.681. The molecule has 24 rings (SSSR count).